The third-order valence-electron chi connectivity index (χ3n) is 3.05. The molecule has 2 heterocycles. The minimum atomic E-state index is -1.19. The summed E-state index contributed by atoms with van der Waals surface area (Å²) < 4.78 is 5.21. The summed E-state index contributed by atoms with van der Waals surface area (Å²) in [6, 6.07) is -1.14. The third-order valence-corrected chi connectivity index (χ3v) is 3.05. The highest BCUT2D eigenvalue weighted by Crippen LogP contribution is 2.22. The number of hydrogen-bond acceptors (Lipinski definition) is 5. The molecule has 0 saturated heterocycles. The van der Waals surface area contributed by atoms with Crippen LogP contribution in [0.15, 0.2) is 11.1 Å². The van der Waals surface area contributed by atoms with E-state index >= 15 is 0 Å². The number of carboxylic acids is 1. The highest BCUT2D eigenvalue weighted by molar-refractivity contribution is 5.81. The predicted molar refractivity (Wildman–Crippen MR) is 71.8 cm³/mol. The van der Waals surface area contributed by atoms with Crippen molar-refractivity contribution >= 4 is 12.1 Å². The fraction of sp³-hybridized carbons (Fsp3) is 0.538. The zero-order chi connectivity index (χ0) is 15.8. The van der Waals surface area contributed by atoms with Gasteiger partial charge in [0.05, 0.1) is 18.6 Å². The number of carbonyl (C=O) groups is 2. The zero-order valence-electron chi connectivity index (χ0n) is 12.0. The van der Waals surface area contributed by atoms with Crippen LogP contribution in [0.5, 0.6) is 0 Å². The van der Waals surface area contributed by atoms with Gasteiger partial charge in [0.25, 0.3) is 5.56 Å². The maximum atomic E-state index is 12.1. The number of hydrogen-bond donors (Lipinski definition) is 2. The van der Waals surface area contributed by atoms with Crippen LogP contribution >= 0.6 is 0 Å². The first-order valence-corrected chi connectivity index (χ1v) is 6.47. The molecule has 0 bridgehead atoms. The highest BCUT2D eigenvalue weighted by atomic mass is 16.6. The monoisotopic (exact) mass is 295 g/mol. The Morgan fingerprint density at radius 1 is 1.48 bits per heavy atom. The Balaban J connectivity index is 2.35. The topological polar surface area (TPSA) is 113 Å². The van der Waals surface area contributed by atoms with Gasteiger partial charge in [-0.05, 0) is 20.8 Å². The Labute approximate surface area is 120 Å². The maximum Gasteiger partial charge on any atom is 0.411 e. The number of aromatic nitrogens is 2. The normalized spacial score (nSPS) is 18.0. The van der Waals surface area contributed by atoms with Crippen LogP contribution in [0.3, 0.4) is 0 Å². The number of carbonyl (C=O) groups excluding carboxylic acids is 1. The number of carboxylic acid groups (broad SMARTS) is 1. The third kappa shape index (κ3) is 3.21. The summed E-state index contributed by atoms with van der Waals surface area (Å²) in [6.07, 6.45) is 0.408. The molecule has 8 heteroatoms. The summed E-state index contributed by atoms with van der Waals surface area (Å²) in [5.41, 5.74) is -0.427. The Bertz CT molecular complexity index is 631. The van der Waals surface area contributed by atoms with Gasteiger partial charge in [-0.3, -0.25) is 9.69 Å². The van der Waals surface area contributed by atoms with Gasteiger partial charge in [-0.15, -0.1) is 0 Å². The number of ether oxygens (including phenoxy) is 1. The fourth-order valence-corrected chi connectivity index (χ4v) is 2.12. The number of aromatic amines is 1. The predicted octanol–water partition coefficient (Wildman–Crippen LogP) is 0.516. The van der Waals surface area contributed by atoms with Crippen molar-refractivity contribution in [1.82, 2.24) is 14.9 Å². The molecule has 0 aromatic carbocycles. The molecule has 1 atom stereocenters. The first kappa shape index (κ1) is 15.0. The standard InChI is InChI=1S/C13H17N3O5/c1-13(2,3)21-12(20)16-5-8-7(4-9(16)11(18)19)10(17)15-6-14-8/h6,9H,4-5H2,1-3H3,(H,18,19)(H,14,15,17). The van der Waals surface area contributed by atoms with Gasteiger partial charge in [0, 0.05) is 12.0 Å². The van der Waals surface area contributed by atoms with Crippen LogP contribution in [-0.4, -0.2) is 43.7 Å². The lowest BCUT2D eigenvalue weighted by Gasteiger charge is -2.34. The molecule has 114 valence electrons. The molecular weight excluding hydrogens is 278 g/mol. The van der Waals surface area contributed by atoms with Crippen molar-refractivity contribution < 1.29 is 19.4 Å². The molecule has 2 rings (SSSR count). The summed E-state index contributed by atoms with van der Waals surface area (Å²) >= 11 is 0. The van der Waals surface area contributed by atoms with Crippen LogP contribution < -0.4 is 5.56 Å². The van der Waals surface area contributed by atoms with Crippen LogP contribution in [0.2, 0.25) is 0 Å². The van der Waals surface area contributed by atoms with E-state index in [1.165, 1.54) is 6.33 Å². The molecule has 1 aromatic heterocycles. The number of nitrogens with zero attached hydrogens (tertiary/aromatic N) is 2. The second-order valence-electron chi connectivity index (χ2n) is 5.82. The second-order valence-corrected chi connectivity index (χ2v) is 5.82. The van der Waals surface area contributed by atoms with E-state index < -0.39 is 23.7 Å². The van der Waals surface area contributed by atoms with E-state index in [0.717, 1.165) is 4.90 Å². The Kier molecular flexibility index (Phi) is 3.71. The SMILES string of the molecule is CC(C)(C)OC(=O)N1Cc2nc[nH]c(=O)c2CC1C(=O)O. The van der Waals surface area contributed by atoms with Crippen molar-refractivity contribution in [3.05, 3.63) is 27.9 Å². The van der Waals surface area contributed by atoms with Crippen molar-refractivity contribution in [2.75, 3.05) is 0 Å². The van der Waals surface area contributed by atoms with Crippen molar-refractivity contribution in [3.8, 4) is 0 Å². The van der Waals surface area contributed by atoms with Crippen LogP contribution in [0.1, 0.15) is 32.0 Å². The fourth-order valence-electron chi connectivity index (χ4n) is 2.12. The number of amides is 1. The average molecular weight is 295 g/mol. The summed E-state index contributed by atoms with van der Waals surface area (Å²) in [4.78, 5) is 42.7. The molecule has 1 amide bonds. The largest absolute Gasteiger partial charge is 0.480 e. The number of aliphatic carboxylic acids is 1. The van der Waals surface area contributed by atoms with Gasteiger partial charge >= 0.3 is 12.1 Å². The van der Waals surface area contributed by atoms with Crippen LogP contribution in [0.4, 0.5) is 4.79 Å². The second kappa shape index (κ2) is 5.19. The van der Waals surface area contributed by atoms with E-state index in [2.05, 4.69) is 9.97 Å². The van der Waals surface area contributed by atoms with E-state index in [-0.39, 0.29) is 18.5 Å². The Morgan fingerprint density at radius 2 is 2.14 bits per heavy atom. The molecule has 1 aliphatic heterocycles. The minimum Gasteiger partial charge on any atom is -0.480 e. The van der Waals surface area contributed by atoms with E-state index in [4.69, 9.17) is 4.74 Å². The summed E-state index contributed by atoms with van der Waals surface area (Å²) in [7, 11) is 0. The lowest BCUT2D eigenvalue weighted by molar-refractivity contribution is -0.143. The maximum absolute atomic E-state index is 12.1. The van der Waals surface area contributed by atoms with Gasteiger partial charge in [-0.2, -0.15) is 0 Å². The van der Waals surface area contributed by atoms with Gasteiger partial charge in [0.1, 0.15) is 11.6 Å². The van der Waals surface area contributed by atoms with E-state index in [0.29, 0.717) is 11.3 Å². The summed E-state index contributed by atoms with van der Waals surface area (Å²) in [5.74, 6) is -1.19. The van der Waals surface area contributed by atoms with Crippen LogP contribution in [-0.2, 0) is 22.5 Å². The molecule has 0 radical (unpaired) electrons. The lowest BCUT2D eigenvalue weighted by Crippen LogP contribution is -2.51. The molecule has 2 N–H and O–H groups in total. The van der Waals surface area contributed by atoms with Gasteiger partial charge in [0.15, 0.2) is 0 Å². The van der Waals surface area contributed by atoms with Crippen molar-refractivity contribution in [3.63, 3.8) is 0 Å². The molecule has 0 spiro atoms. The van der Waals surface area contributed by atoms with Gasteiger partial charge in [0.2, 0.25) is 0 Å². The van der Waals surface area contributed by atoms with E-state index in [1.54, 1.807) is 20.8 Å². The minimum absolute atomic E-state index is 0.0644. The molecule has 1 unspecified atom stereocenters. The van der Waals surface area contributed by atoms with Crippen LogP contribution in [0, 0.1) is 0 Å². The van der Waals surface area contributed by atoms with Gasteiger partial charge < -0.3 is 14.8 Å². The first-order valence-electron chi connectivity index (χ1n) is 6.47. The van der Waals surface area contributed by atoms with Gasteiger partial charge in [-0.25, -0.2) is 14.6 Å². The van der Waals surface area contributed by atoms with Crippen molar-refractivity contribution in [2.45, 2.75) is 45.4 Å². The summed E-state index contributed by atoms with van der Waals surface area (Å²) in [6.45, 7) is 5.02. The summed E-state index contributed by atoms with van der Waals surface area (Å²) in [5, 5.41) is 9.29. The molecule has 0 fully saturated rings. The zero-order valence-corrected chi connectivity index (χ0v) is 12.0. The number of nitrogens with one attached hydrogen (secondary N) is 1. The number of H-pyrrole nitrogens is 1. The number of fused-ring (bicyclic) bond motifs is 1. The quantitative estimate of drug-likeness (QED) is 0.781. The van der Waals surface area contributed by atoms with Gasteiger partial charge in [-0.1, -0.05) is 0 Å². The lowest BCUT2D eigenvalue weighted by atomic mass is 9.99. The molecule has 0 saturated carbocycles. The molecule has 21 heavy (non-hydrogen) atoms. The molecule has 0 aliphatic carbocycles. The molecule has 8 nitrogen and oxygen atoms in total. The van der Waals surface area contributed by atoms with E-state index in [9.17, 15) is 19.5 Å². The Morgan fingerprint density at radius 3 is 2.71 bits per heavy atom. The van der Waals surface area contributed by atoms with Crippen molar-refractivity contribution in [1.29, 1.82) is 0 Å². The number of rotatable bonds is 1. The molecule has 1 aliphatic rings. The Hall–Kier alpha value is -2.38. The first-order chi connectivity index (χ1) is 9.69. The van der Waals surface area contributed by atoms with E-state index in [1.807, 2.05) is 0 Å². The molecule has 1 aromatic rings. The average Bonchev–Trinajstić information content (AvgIpc) is 2.35. The van der Waals surface area contributed by atoms with Crippen molar-refractivity contribution in [2.24, 2.45) is 0 Å². The highest BCUT2D eigenvalue weighted by Gasteiger charge is 2.38. The smallest absolute Gasteiger partial charge is 0.411 e. The van der Waals surface area contributed by atoms with Crippen LogP contribution in [0.25, 0.3) is 0 Å². The molecular formula is C13H17N3O5.